The molecule has 1 aliphatic rings. The lowest BCUT2D eigenvalue weighted by molar-refractivity contribution is 0.0728. The number of carbonyl (C=O) groups excluding carboxylic acids is 1. The van der Waals surface area contributed by atoms with Crippen LogP contribution in [0.2, 0.25) is 0 Å². The SMILES string of the molecule is COc1ccc(C)c(-c2nc(C3CCCN3C(=O)c3cc(C)ccc3-n3nccn3)no2)c1. The van der Waals surface area contributed by atoms with Crippen molar-refractivity contribution in [1.82, 2.24) is 30.0 Å². The monoisotopic (exact) mass is 444 g/mol. The molecule has 0 spiro atoms. The van der Waals surface area contributed by atoms with Crippen LogP contribution in [-0.4, -0.2) is 49.6 Å². The van der Waals surface area contributed by atoms with Crippen molar-refractivity contribution in [3.63, 3.8) is 0 Å². The fourth-order valence-corrected chi connectivity index (χ4v) is 4.21. The van der Waals surface area contributed by atoms with Crippen LogP contribution in [-0.2, 0) is 0 Å². The van der Waals surface area contributed by atoms with Gasteiger partial charge in [0.05, 0.1) is 36.8 Å². The predicted molar refractivity (Wildman–Crippen MR) is 120 cm³/mol. The highest BCUT2D eigenvalue weighted by molar-refractivity contribution is 5.98. The van der Waals surface area contributed by atoms with E-state index in [9.17, 15) is 4.79 Å². The molecule has 3 heterocycles. The number of likely N-dealkylation sites (tertiary alicyclic amines) is 1. The number of rotatable bonds is 5. The molecule has 1 saturated heterocycles. The molecular formula is C24H24N6O3. The van der Waals surface area contributed by atoms with Gasteiger partial charge >= 0.3 is 0 Å². The van der Waals surface area contributed by atoms with E-state index in [-0.39, 0.29) is 11.9 Å². The lowest BCUT2D eigenvalue weighted by Gasteiger charge is -2.23. The summed E-state index contributed by atoms with van der Waals surface area (Å²) in [6, 6.07) is 11.1. The number of hydrogen-bond acceptors (Lipinski definition) is 7. The van der Waals surface area contributed by atoms with E-state index < -0.39 is 0 Å². The van der Waals surface area contributed by atoms with E-state index in [2.05, 4.69) is 20.3 Å². The van der Waals surface area contributed by atoms with Crippen LogP contribution >= 0.6 is 0 Å². The van der Waals surface area contributed by atoms with Crippen molar-refractivity contribution in [3.05, 3.63) is 71.3 Å². The Morgan fingerprint density at radius 3 is 2.73 bits per heavy atom. The van der Waals surface area contributed by atoms with Gasteiger partial charge in [0.15, 0.2) is 5.82 Å². The summed E-state index contributed by atoms with van der Waals surface area (Å²) in [7, 11) is 1.62. The van der Waals surface area contributed by atoms with Crippen molar-refractivity contribution in [1.29, 1.82) is 0 Å². The van der Waals surface area contributed by atoms with E-state index in [4.69, 9.17) is 9.26 Å². The van der Waals surface area contributed by atoms with E-state index in [1.165, 1.54) is 4.80 Å². The first-order valence-corrected chi connectivity index (χ1v) is 10.8. The second kappa shape index (κ2) is 8.50. The number of hydrogen-bond donors (Lipinski definition) is 0. The summed E-state index contributed by atoms with van der Waals surface area (Å²) in [4.78, 5) is 21.6. The van der Waals surface area contributed by atoms with Crippen molar-refractivity contribution in [2.75, 3.05) is 13.7 Å². The molecule has 0 saturated carbocycles. The Labute approximate surface area is 191 Å². The van der Waals surface area contributed by atoms with Crippen molar-refractivity contribution < 1.29 is 14.1 Å². The Bertz CT molecular complexity index is 1300. The molecule has 1 fully saturated rings. The predicted octanol–water partition coefficient (Wildman–Crippen LogP) is 3.92. The number of benzene rings is 2. The zero-order valence-electron chi connectivity index (χ0n) is 18.7. The van der Waals surface area contributed by atoms with Crippen LogP contribution in [0.4, 0.5) is 0 Å². The molecule has 0 bridgehead atoms. The summed E-state index contributed by atoms with van der Waals surface area (Å²) in [5.41, 5.74) is 3.99. The van der Waals surface area contributed by atoms with E-state index in [1.807, 2.05) is 55.1 Å². The first-order valence-electron chi connectivity index (χ1n) is 10.8. The largest absolute Gasteiger partial charge is 0.497 e. The van der Waals surface area contributed by atoms with Gasteiger partial charge < -0.3 is 14.2 Å². The zero-order valence-corrected chi connectivity index (χ0v) is 18.7. The van der Waals surface area contributed by atoms with E-state index in [0.717, 1.165) is 29.5 Å². The van der Waals surface area contributed by atoms with Gasteiger partial charge in [-0.1, -0.05) is 22.9 Å². The standard InChI is InChI=1S/C24H24N6O3/c1-15-6-9-20(30-25-10-11-26-30)19(13-15)24(31)29-12-4-5-21(29)22-27-23(33-28-22)18-14-17(32-3)8-7-16(18)2/h6-11,13-14,21H,4-5,12H2,1-3H3. The maximum absolute atomic E-state index is 13.7. The van der Waals surface area contributed by atoms with Crippen LogP contribution in [0.15, 0.2) is 53.3 Å². The van der Waals surface area contributed by atoms with Crippen LogP contribution in [0.1, 0.15) is 46.2 Å². The minimum absolute atomic E-state index is 0.0996. The first kappa shape index (κ1) is 20.9. The first-order chi connectivity index (χ1) is 16.0. The lowest BCUT2D eigenvalue weighted by Crippen LogP contribution is -2.32. The highest BCUT2D eigenvalue weighted by atomic mass is 16.5. The third-order valence-electron chi connectivity index (χ3n) is 5.95. The summed E-state index contributed by atoms with van der Waals surface area (Å²) >= 11 is 0. The highest BCUT2D eigenvalue weighted by Gasteiger charge is 2.35. The fourth-order valence-electron chi connectivity index (χ4n) is 4.21. The number of nitrogens with zero attached hydrogens (tertiary/aromatic N) is 6. The minimum Gasteiger partial charge on any atom is -0.497 e. The van der Waals surface area contributed by atoms with E-state index in [0.29, 0.717) is 35.3 Å². The molecule has 1 unspecified atom stereocenters. The third kappa shape index (κ3) is 3.86. The second-order valence-corrected chi connectivity index (χ2v) is 8.13. The Morgan fingerprint density at radius 2 is 1.94 bits per heavy atom. The molecule has 0 N–H and O–H groups in total. The van der Waals surface area contributed by atoms with Crippen molar-refractivity contribution in [2.24, 2.45) is 0 Å². The molecular weight excluding hydrogens is 420 g/mol. The van der Waals surface area contributed by atoms with Gasteiger partial charge in [-0.15, -0.1) is 0 Å². The normalized spacial score (nSPS) is 15.7. The van der Waals surface area contributed by atoms with E-state index >= 15 is 0 Å². The summed E-state index contributed by atoms with van der Waals surface area (Å²) in [5.74, 6) is 1.53. The second-order valence-electron chi connectivity index (χ2n) is 8.13. The van der Waals surface area contributed by atoms with Gasteiger partial charge in [0.1, 0.15) is 5.75 Å². The molecule has 2 aromatic heterocycles. The molecule has 168 valence electrons. The number of aryl methyl sites for hydroxylation is 2. The third-order valence-corrected chi connectivity index (χ3v) is 5.95. The molecule has 0 radical (unpaired) electrons. The molecule has 2 aromatic carbocycles. The smallest absolute Gasteiger partial charge is 0.258 e. The summed E-state index contributed by atoms with van der Waals surface area (Å²) < 4.78 is 10.9. The lowest BCUT2D eigenvalue weighted by atomic mass is 10.1. The molecule has 9 heteroatoms. The number of carbonyl (C=O) groups is 1. The number of amides is 1. The van der Waals surface area contributed by atoms with Gasteiger partial charge in [-0.25, -0.2) is 0 Å². The number of methoxy groups -OCH3 is 1. The van der Waals surface area contributed by atoms with Crippen LogP contribution in [0.5, 0.6) is 5.75 Å². The van der Waals surface area contributed by atoms with Crippen LogP contribution in [0.3, 0.4) is 0 Å². The summed E-state index contributed by atoms with van der Waals surface area (Å²) in [6.45, 7) is 4.55. The Morgan fingerprint density at radius 1 is 1.12 bits per heavy atom. The van der Waals surface area contributed by atoms with Gasteiger partial charge in [-0.2, -0.15) is 20.0 Å². The average molecular weight is 444 g/mol. The molecule has 4 aromatic rings. The molecule has 33 heavy (non-hydrogen) atoms. The Kier molecular flexibility index (Phi) is 5.37. The van der Waals surface area contributed by atoms with Crippen LogP contribution in [0.25, 0.3) is 17.1 Å². The fraction of sp³-hybridized carbons (Fsp3) is 0.292. The van der Waals surface area contributed by atoms with Crippen LogP contribution in [0, 0.1) is 13.8 Å². The molecule has 1 atom stereocenters. The summed E-state index contributed by atoms with van der Waals surface area (Å²) in [6.07, 6.45) is 4.81. The highest BCUT2D eigenvalue weighted by Crippen LogP contribution is 2.34. The maximum Gasteiger partial charge on any atom is 0.258 e. The molecule has 1 aliphatic heterocycles. The van der Waals surface area contributed by atoms with Crippen molar-refractivity contribution >= 4 is 5.91 Å². The van der Waals surface area contributed by atoms with Crippen molar-refractivity contribution in [3.8, 4) is 22.9 Å². The molecule has 1 amide bonds. The molecule has 5 rings (SSSR count). The van der Waals surface area contributed by atoms with Gasteiger partial charge in [0.2, 0.25) is 0 Å². The van der Waals surface area contributed by atoms with Crippen molar-refractivity contribution in [2.45, 2.75) is 32.7 Å². The Hall–Kier alpha value is -4.01. The van der Waals surface area contributed by atoms with Gasteiger partial charge in [-0.3, -0.25) is 4.79 Å². The van der Waals surface area contributed by atoms with Gasteiger partial charge in [-0.05, 0) is 56.5 Å². The quantitative estimate of drug-likeness (QED) is 0.460. The minimum atomic E-state index is -0.264. The number of aromatic nitrogens is 5. The topological polar surface area (TPSA) is 99.2 Å². The van der Waals surface area contributed by atoms with Gasteiger partial charge in [0.25, 0.3) is 11.8 Å². The van der Waals surface area contributed by atoms with E-state index in [1.54, 1.807) is 19.5 Å². The Balaban J connectivity index is 1.47. The average Bonchev–Trinajstić information content (AvgIpc) is 3.60. The molecule has 9 nitrogen and oxygen atoms in total. The molecule has 0 aliphatic carbocycles. The summed E-state index contributed by atoms with van der Waals surface area (Å²) in [5, 5.41) is 12.7. The zero-order chi connectivity index (χ0) is 22.9. The number of ether oxygens (including phenoxy) is 1. The van der Waals surface area contributed by atoms with Gasteiger partial charge in [0, 0.05) is 12.1 Å². The van der Waals surface area contributed by atoms with Crippen LogP contribution < -0.4 is 4.74 Å². The maximum atomic E-state index is 13.7.